The van der Waals surface area contributed by atoms with Gasteiger partial charge < -0.3 is 0 Å². The summed E-state index contributed by atoms with van der Waals surface area (Å²) in [6.07, 6.45) is 5.46. The highest BCUT2D eigenvalue weighted by atomic mass is 16.1. The van der Waals surface area contributed by atoms with Crippen molar-refractivity contribution in [2.24, 2.45) is 7.05 Å². The van der Waals surface area contributed by atoms with Gasteiger partial charge >= 0.3 is 0 Å². The number of rotatable bonds is 1. The first-order chi connectivity index (χ1) is 12.1. The molecule has 0 bridgehead atoms. The molecule has 0 atom stereocenters. The number of aromatic nitrogens is 5. The van der Waals surface area contributed by atoms with Crippen LogP contribution in [0.4, 0.5) is 0 Å². The van der Waals surface area contributed by atoms with Gasteiger partial charge in [-0.05, 0) is 37.3 Å². The molecule has 6 nitrogen and oxygen atoms in total. The molecule has 0 saturated heterocycles. The Balaban J connectivity index is 1.90. The molecule has 0 unspecified atom stereocenters. The molecule has 0 N–H and O–H groups in total. The van der Waals surface area contributed by atoms with Crippen LogP contribution < -0.4 is 5.56 Å². The summed E-state index contributed by atoms with van der Waals surface area (Å²) in [7, 11) is 1.79. The maximum atomic E-state index is 12.9. The van der Waals surface area contributed by atoms with Crippen LogP contribution in [0.5, 0.6) is 0 Å². The average molecular weight is 329 g/mol. The van der Waals surface area contributed by atoms with Gasteiger partial charge in [0.1, 0.15) is 17.7 Å². The fourth-order valence-corrected chi connectivity index (χ4v) is 3.40. The average Bonchev–Trinajstić information content (AvgIpc) is 3.25. The molecule has 0 aliphatic rings. The summed E-state index contributed by atoms with van der Waals surface area (Å²) < 4.78 is 5.44. The number of nitrogens with zero attached hydrogens (tertiary/aromatic N) is 5. The van der Waals surface area contributed by atoms with E-state index in [1.165, 1.54) is 0 Å². The SMILES string of the molecule is Cc1ccc2c(c1)c(=O)n(C)c1c(-c3ccc4ccnn4c3)ncn21. The van der Waals surface area contributed by atoms with E-state index in [9.17, 15) is 4.79 Å². The van der Waals surface area contributed by atoms with Gasteiger partial charge in [0.15, 0.2) is 0 Å². The van der Waals surface area contributed by atoms with Gasteiger partial charge in [0, 0.05) is 25.0 Å². The second-order valence-electron chi connectivity index (χ2n) is 6.29. The number of benzene rings is 1. The van der Waals surface area contributed by atoms with Crippen LogP contribution in [0.2, 0.25) is 0 Å². The minimum absolute atomic E-state index is 0.0203. The summed E-state index contributed by atoms with van der Waals surface area (Å²) >= 11 is 0. The largest absolute Gasteiger partial charge is 0.295 e. The first-order valence-corrected chi connectivity index (χ1v) is 8.04. The second-order valence-corrected chi connectivity index (χ2v) is 6.29. The maximum absolute atomic E-state index is 12.9. The topological polar surface area (TPSA) is 56.6 Å². The molecular formula is C19H15N5O. The van der Waals surface area contributed by atoms with Crippen molar-refractivity contribution in [3.8, 4) is 11.3 Å². The highest BCUT2D eigenvalue weighted by Gasteiger charge is 2.15. The quantitative estimate of drug-likeness (QED) is 0.475. The lowest BCUT2D eigenvalue weighted by molar-refractivity contribution is 0.882. The lowest BCUT2D eigenvalue weighted by Gasteiger charge is -2.09. The third-order valence-electron chi connectivity index (χ3n) is 4.68. The van der Waals surface area contributed by atoms with E-state index in [2.05, 4.69) is 10.1 Å². The van der Waals surface area contributed by atoms with Crippen LogP contribution >= 0.6 is 0 Å². The van der Waals surface area contributed by atoms with Crippen molar-refractivity contribution in [3.05, 3.63) is 71.0 Å². The Kier molecular flexibility index (Phi) is 2.68. The van der Waals surface area contributed by atoms with Crippen LogP contribution in [0.3, 0.4) is 0 Å². The zero-order valence-corrected chi connectivity index (χ0v) is 13.8. The molecule has 4 heterocycles. The minimum Gasteiger partial charge on any atom is -0.295 e. The van der Waals surface area contributed by atoms with Crippen molar-refractivity contribution in [2.75, 3.05) is 0 Å². The van der Waals surface area contributed by atoms with Gasteiger partial charge in [0.2, 0.25) is 0 Å². The third-order valence-corrected chi connectivity index (χ3v) is 4.68. The van der Waals surface area contributed by atoms with E-state index in [0.717, 1.165) is 33.5 Å². The smallest absolute Gasteiger partial charge is 0.261 e. The van der Waals surface area contributed by atoms with E-state index in [1.807, 2.05) is 58.4 Å². The molecule has 6 heteroatoms. The number of hydrogen-bond acceptors (Lipinski definition) is 3. The van der Waals surface area contributed by atoms with Crippen LogP contribution in [0, 0.1) is 6.92 Å². The molecule has 0 radical (unpaired) electrons. The zero-order chi connectivity index (χ0) is 17.1. The van der Waals surface area contributed by atoms with Crippen LogP contribution in [0.1, 0.15) is 5.56 Å². The molecule has 5 aromatic rings. The molecule has 0 fully saturated rings. The molecule has 0 saturated carbocycles. The highest BCUT2D eigenvalue weighted by Crippen LogP contribution is 2.25. The molecule has 0 spiro atoms. The van der Waals surface area contributed by atoms with Gasteiger partial charge in [-0.3, -0.25) is 13.8 Å². The predicted molar refractivity (Wildman–Crippen MR) is 96.9 cm³/mol. The predicted octanol–water partition coefficient (Wildman–Crippen LogP) is 2.81. The summed E-state index contributed by atoms with van der Waals surface area (Å²) in [5.74, 6) is 0. The number of hydrogen-bond donors (Lipinski definition) is 0. The summed E-state index contributed by atoms with van der Waals surface area (Å²) in [4.78, 5) is 17.4. The van der Waals surface area contributed by atoms with Gasteiger partial charge in [-0.25, -0.2) is 9.50 Å². The maximum Gasteiger partial charge on any atom is 0.261 e. The Hall–Kier alpha value is -3.41. The molecule has 122 valence electrons. The second kappa shape index (κ2) is 4.80. The van der Waals surface area contributed by atoms with Gasteiger partial charge in [-0.15, -0.1) is 0 Å². The van der Waals surface area contributed by atoms with E-state index in [4.69, 9.17) is 0 Å². The summed E-state index contributed by atoms with van der Waals surface area (Å²) in [6, 6.07) is 11.9. The monoisotopic (exact) mass is 329 g/mol. The van der Waals surface area contributed by atoms with Gasteiger partial charge in [-0.2, -0.15) is 5.10 Å². The number of aryl methyl sites for hydroxylation is 2. The van der Waals surface area contributed by atoms with E-state index in [1.54, 1.807) is 24.1 Å². The Bertz CT molecular complexity index is 1340. The van der Waals surface area contributed by atoms with Crippen molar-refractivity contribution in [1.82, 2.24) is 23.6 Å². The number of fused-ring (bicyclic) bond motifs is 4. The van der Waals surface area contributed by atoms with Crippen molar-refractivity contribution < 1.29 is 0 Å². The van der Waals surface area contributed by atoms with Crippen LogP contribution in [-0.4, -0.2) is 23.6 Å². The fraction of sp³-hybridized carbons (Fsp3) is 0.105. The Morgan fingerprint density at radius 2 is 1.96 bits per heavy atom. The Morgan fingerprint density at radius 3 is 2.84 bits per heavy atom. The summed E-state index contributed by atoms with van der Waals surface area (Å²) in [5.41, 5.74) is 5.37. The van der Waals surface area contributed by atoms with Crippen LogP contribution in [0.25, 0.3) is 33.3 Å². The van der Waals surface area contributed by atoms with Crippen molar-refractivity contribution in [1.29, 1.82) is 0 Å². The normalized spacial score (nSPS) is 11.8. The fourth-order valence-electron chi connectivity index (χ4n) is 3.40. The Labute approximate surface area is 142 Å². The molecule has 0 aliphatic heterocycles. The minimum atomic E-state index is -0.0203. The molecule has 5 rings (SSSR count). The molecule has 25 heavy (non-hydrogen) atoms. The summed E-state index contributed by atoms with van der Waals surface area (Å²) in [5, 5.41) is 4.98. The highest BCUT2D eigenvalue weighted by molar-refractivity contribution is 5.85. The Morgan fingerprint density at radius 1 is 1.08 bits per heavy atom. The van der Waals surface area contributed by atoms with Crippen LogP contribution in [-0.2, 0) is 7.05 Å². The standard InChI is InChI=1S/C19H15N5O/c1-12-3-6-16-15(9-12)19(25)22(2)18-17(20-11-23(16)18)13-4-5-14-7-8-21-24(14)10-13/h3-11H,1-2H3. The van der Waals surface area contributed by atoms with E-state index < -0.39 is 0 Å². The number of imidazole rings is 1. The molecular weight excluding hydrogens is 314 g/mol. The molecule has 0 amide bonds. The van der Waals surface area contributed by atoms with Gasteiger partial charge in [0.05, 0.1) is 16.4 Å². The van der Waals surface area contributed by atoms with Crippen molar-refractivity contribution >= 4 is 22.1 Å². The first-order valence-electron chi connectivity index (χ1n) is 8.04. The van der Waals surface area contributed by atoms with Gasteiger partial charge in [-0.1, -0.05) is 11.6 Å². The summed E-state index contributed by atoms with van der Waals surface area (Å²) in [6.45, 7) is 1.99. The lowest BCUT2D eigenvalue weighted by atomic mass is 10.1. The molecule has 0 aliphatic carbocycles. The van der Waals surface area contributed by atoms with Crippen molar-refractivity contribution in [2.45, 2.75) is 6.92 Å². The van der Waals surface area contributed by atoms with Gasteiger partial charge in [0.25, 0.3) is 5.56 Å². The van der Waals surface area contributed by atoms with Crippen LogP contribution in [0.15, 0.2) is 59.9 Å². The van der Waals surface area contributed by atoms with E-state index in [0.29, 0.717) is 5.39 Å². The third kappa shape index (κ3) is 1.88. The van der Waals surface area contributed by atoms with E-state index in [-0.39, 0.29) is 5.56 Å². The zero-order valence-electron chi connectivity index (χ0n) is 13.8. The molecule has 4 aromatic heterocycles. The lowest BCUT2D eigenvalue weighted by Crippen LogP contribution is -2.19. The van der Waals surface area contributed by atoms with Crippen molar-refractivity contribution in [3.63, 3.8) is 0 Å². The van der Waals surface area contributed by atoms with E-state index >= 15 is 0 Å². The first kappa shape index (κ1) is 14.0. The molecule has 1 aromatic carbocycles. The number of pyridine rings is 1.